The maximum atomic E-state index is 9.13. The third-order valence-electron chi connectivity index (χ3n) is 1.12. The monoisotopic (exact) mass is 146 g/mol. The van der Waals surface area contributed by atoms with Gasteiger partial charge in [0.25, 0.3) is 5.97 Å². The van der Waals surface area contributed by atoms with E-state index in [4.69, 9.17) is 9.84 Å². The minimum absolute atomic E-state index is 0.213. The predicted octanol–water partition coefficient (Wildman–Crippen LogP) is 0.890. The van der Waals surface area contributed by atoms with Gasteiger partial charge in [0.1, 0.15) is 0 Å². The zero-order chi connectivity index (χ0) is 8.20. The van der Waals surface area contributed by atoms with Crippen molar-refractivity contribution in [3.63, 3.8) is 0 Å². The first kappa shape index (κ1) is 9.62. The van der Waals surface area contributed by atoms with Crippen LogP contribution in [0.4, 0.5) is 0 Å². The van der Waals surface area contributed by atoms with Crippen LogP contribution >= 0.6 is 0 Å². The number of ether oxygens (including phenoxy) is 2. The molecular formula is C7H14O3. The van der Waals surface area contributed by atoms with Crippen molar-refractivity contribution < 1.29 is 14.6 Å². The van der Waals surface area contributed by atoms with Crippen molar-refractivity contribution in [3.05, 3.63) is 12.7 Å². The largest absolute Gasteiger partial charge is 0.344 e. The first-order chi connectivity index (χ1) is 4.52. The molecule has 2 unspecified atom stereocenters. The lowest BCUT2D eigenvalue weighted by molar-refractivity contribution is -0.346. The highest BCUT2D eigenvalue weighted by atomic mass is 16.8. The quantitative estimate of drug-likeness (QED) is 0.473. The fourth-order valence-electron chi connectivity index (χ4n) is 0.441. The average molecular weight is 146 g/mol. The van der Waals surface area contributed by atoms with Crippen molar-refractivity contribution in [2.24, 2.45) is 0 Å². The van der Waals surface area contributed by atoms with Crippen LogP contribution in [0.1, 0.15) is 13.8 Å². The summed E-state index contributed by atoms with van der Waals surface area (Å²) >= 11 is 0. The van der Waals surface area contributed by atoms with Gasteiger partial charge in [0.2, 0.25) is 0 Å². The van der Waals surface area contributed by atoms with Gasteiger partial charge >= 0.3 is 0 Å². The summed E-state index contributed by atoms with van der Waals surface area (Å²) in [7, 11) is 1.37. The van der Waals surface area contributed by atoms with Gasteiger partial charge in [-0.15, -0.1) is 6.58 Å². The molecule has 0 amide bonds. The van der Waals surface area contributed by atoms with Gasteiger partial charge in [-0.05, 0) is 6.92 Å². The Kier molecular flexibility index (Phi) is 3.57. The van der Waals surface area contributed by atoms with Crippen molar-refractivity contribution >= 4 is 0 Å². The molecule has 3 nitrogen and oxygen atoms in total. The Morgan fingerprint density at radius 3 is 2.50 bits per heavy atom. The van der Waals surface area contributed by atoms with Crippen molar-refractivity contribution in [2.45, 2.75) is 25.9 Å². The van der Waals surface area contributed by atoms with Crippen LogP contribution in [0.3, 0.4) is 0 Å². The normalized spacial score (nSPS) is 19.6. The third-order valence-corrected chi connectivity index (χ3v) is 1.12. The van der Waals surface area contributed by atoms with Crippen molar-refractivity contribution in [1.29, 1.82) is 0 Å². The van der Waals surface area contributed by atoms with E-state index in [9.17, 15) is 0 Å². The minimum atomic E-state index is -1.51. The standard InChI is InChI=1S/C7H14O3/c1-5-6(2)10-7(3,8)9-4/h5-6,8H,1H2,2-4H3. The number of aliphatic hydroxyl groups is 1. The number of rotatable bonds is 4. The van der Waals surface area contributed by atoms with Crippen LogP contribution in [0.2, 0.25) is 0 Å². The van der Waals surface area contributed by atoms with E-state index in [0.29, 0.717) is 0 Å². The van der Waals surface area contributed by atoms with E-state index < -0.39 is 5.97 Å². The highest BCUT2D eigenvalue weighted by Crippen LogP contribution is 2.09. The molecule has 0 aliphatic heterocycles. The highest BCUT2D eigenvalue weighted by molar-refractivity contribution is 4.75. The Bertz CT molecular complexity index is 109. The van der Waals surface area contributed by atoms with Crippen molar-refractivity contribution in [1.82, 2.24) is 0 Å². The zero-order valence-electron chi connectivity index (χ0n) is 6.63. The second kappa shape index (κ2) is 3.71. The van der Waals surface area contributed by atoms with Crippen molar-refractivity contribution in [3.8, 4) is 0 Å². The Hall–Kier alpha value is -0.380. The molecule has 1 N–H and O–H groups in total. The molecule has 60 valence electrons. The molecule has 2 atom stereocenters. The number of hydrogen-bond donors (Lipinski definition) is 1. The molecule has 0 saturated carbocycles. The van der Waals surface area contributed by atoms with E-state index >= 15 is 0 Å². The van der Waals surface area contributed by atoms with Crippen LogP contribution in [-0.4, -0.2) is 24.3 Å². The minimum Gasteiger partial charge on any atom is -0.344 e. The van der Waals surface area contributed by atoms with E-state index in [1.54, 1.807) is 13.0 Å². The van der Waals surface area contributed by atoms with E-state index in [2.05, 4.69) is 11.3 Å². The van der Waals surface area contributed by atoms with Crippen LogP contribution in [0.15, 0.2) is 12.7 Å². The average Bonchev–Trinajstić information content (AvgIpc) is 1.87. The first-order valence-corrected chi connectivity index (χ1v) is 3.09. The molecule has 0 aromatic carbocycles. The van der Waals surface area contributed by atoms with Crippen molar-refractivity contribution in [2.75, 3.05) is 7.11 Å². The maximum absolute atomic E-state index is 9.13. The summed E-state index contributed by atoms with van der Waals surface area (Å²) in [4.78, 5) is 0. The van der Waals surface area contributed by atoms with Gasteiger partial charge in [-0.3, -0.25) is 0 Å². The van der Waals surface area contributed by atoms with Gasteiger partial charge in [0.05, 0.1) is 6.10 Å². The summed E-state index contributed by atoms with van der Waals surface area (Å²) in [5, 5.41) is 9.13. The van der Waals surface area contributed by atoms with Gasteiger partial charge < -0.3 is 14.6 Å². The summed E-state index contributed by atoms with van der Waals surface area (Å²) < 4.78 is 9.55. The van der Waals surface area contributed by atoms with Crippen LogP contribution < -0.4 is 0 Å². The SMILES string of the molecule is C=CC(C)OC(C)(O)OC. The van der Waals surface area contributed by atoms with Gasteiger partial charge in [-0.25, -0.2) is 0 Å². The molecule has 0 aliphatic rings. The fraction of sp³-hybridized carbons (Fsp3) is 0.714. The molecule has 0 saturated heterocycles. The Morgan fingerprint density at radius 2 is 2.20 bits per heavy atom. The van der Waals surface area contributed by atoms with Gasteiger partial charge in [0.15, 0.2) is 0 Å². The summed E-state index contributed by atoms with van der Waals surface area (Å²) in [5.74, 6) is -1.51. The van der Waals surface area contributed by atoms with Crippen LogP contribution in [-0.2, 0) is 9.47 Å². The van der Waals surface area contributed by atoms with E-state index in [1.165, 1.54) is 14.0 Å². The van der Waals surface area contributed by atoms with Gasteiger partial charge in [0, 0.05) is 14.0 Å². The molecule has 0 spiro atoms. The number of methoxy groups -OCH3 is 1. The van der Waals surface area contributed by atoms with Crippen LogP contribution in [0.5, 0.6) is 0 Å². The molecule has 0 bridgehead atoms. The fourth-order valence-corrected chi connectivity index (χ4v) is 0.441. The van der Waals surface area contributed by atoms with Gasteiger partial charge in [-0.1, -0.05) is 6.08 Å². The molecule has 0 rings (SSSR count). The highest BCUT2D eigenvalue weighted by Gasteiger charge is 2.21. The summed E-state index contributed by atoms with van der Waals surface area (Å²) in [6, 6.07) is 0. The van der Waals surface area contributed by atoms with E-state index in [1.807, 2.05) is 0 Å². The molecule has 0 fully saturated rings. The first-order valence-electron chi connectivity index (χ1n) is 3.09. The lowest BCUT2D eigenvalue weighted by Crippen LogP contribution is -2.33. The van der Waals surface area contributed by atoms with Crippen LogP contribution in [0.25, 0.3) is 0 Å². The zero-order valence-corrected chi connectivity index (χ0v) is 6.63. The maximum Gasteiger partial charge on any atom is 0.277 e. The Labute approximate surface area is 61.3 Å². The summed E-state index contributed by atoms with van der Waals surface area (Å²) in [6.07, 6.45) is 1.36. The van der Waals surface area contributed by atoms with E-state index in [-0.39, 0.29) is 6.10 Å². The molecule has 0 aliphatic carbocycles. The molecule has 0 aromatic rings. The van der Waals surface area contributed by atoms with Crippen LogP contribution in [0, 0.1) is 0 Å². The third kappa shape index (κ3) is 3.61. The molecular weight excluding hydrogens is 132 g/mol. The molecule has 0 radical (unpaired) electrons. The summed E-state index contributed by atoms with van der Waals surface area (Å²) in [5.41, 5.74) is 0. The molecule has 3 heteroatoms. The molecule has 10 heavy (non-hydrogen) atoms. The number of hydrogen-bond acceptors (Lipinski definition) is 3. The smallest absolute Gasteiger partial charge is 0.277 e. The van der Waals surface area contributed by atoms with E-state index in [0.717, 1.165) is 0 Å². The van der Waals surface area contributed by atoms with Gasteiger partial charge in [-0.2, -0.15) is 0 Å². The molecule has 0 heterocycles. The molecule has 0 aromatic heterocycles. The lowest BCUT2D eigenvalue weighted by Gasteiger charge is -2.23. The predicted molar refractivity (Wildman–Crippen MR) is 38.4 cm³/mol. The second-order valence-corrected chi connectivity index (χ2v) is 2.16. The topological polar surface area (TPSA) is 38.7 Å². The lowest BCUT2D eigenvalue weighted by atomic mass is 10.4. The second-order valence-electron chi connectivity index (χ2n) is 2.16. The summed E-state index contributed by atoms with van der Waals surface area (Å²) in [6.45, 7) is 6.68. The Morgan fingerprint density at radius 1 is 1.70 bits per heavy atom. The Balaban J connectivity index is 3.75.